The molecule has 1 aromatic carbocycles. The van der Waals surface area contributed by atoms with Crippen LogP contribution in [0.5, 0.6) is 0 Å². The zero-order chi connectivity index (χ0) is 11.5. The number of piperidine rings is 1. The lowest BCUT2D eigenvalue weighted by Crippen LogP contribution is -2.43. The van der Waals surface area contributed by atoms with Gasteiger partial charge in [0, 0.05) is 25.2 Å². The van der Waals surface area contributed by atoms with Crippen LogP contribution in [0.3, 0.4) is 0 Å². The summed E-state index contributed by atoms with van der Waals surface area (Å²) in [6, 6.07) is 6.95. The first-order chi connectivity index (χ1) is 7.68. The van der Waals surface area contributed by atoms with Crippen molar-refractivity contribution in [2.24, 2.45) is 5.73 Å². The van der Waals surface area contributed by atoms with Crippen LogP contribution < -0.4 is 10.6 Å². The van der Waals surface area contributed by atoms with E-state index >= 15 is 0 Å². The molecule has 2 N–H and O–H groups in total. The lowest BCUT2D eigenvalue weighted by Gasteiger charge is -2.32. The summed E-state index contributed by atoms with van der Waals surface area (Å²) in [5, 5.41) is 10.9. The molecule has 16 heavy (non-hydrogen) atoms. The van der Waals surface area contributed by atoms with Crippen molar-refractivity contribution in [1.82, 2.24) is 0 Å². The van der Waals surface area contributed by atoms with Gasteiger partial charge in [0.2, 0.25) is 0 Å². The number of benzene rings is 1. The summed E-state index contributed by atoms with van der Waals surface area (Å²) in [6.45, 7) is 1.55. The van der Waals surface area contributed by atoms with E-state index in [9.17, 15) is 10.1 Å². The molecule has 1 atom stereocenters. The largest absolute Gasteiger partial charge is 0.364 e. The molecule has 86 valence electrons. The van der Waals surface area contributed by atoms with Crippen LogP contribution >= 0.6 is 0 Å². The Kier molecular flexibility index (Phi) is 3.05. The summed E-state index contributed by atoms with van der Waals surface area (Å²) in [4.78, 5) is 12.6. The van der Waals surface area contributed by atoms with Gasteiger partial charge in [0.1, 0.15) is 5.69 Å². The number of nitrogens with two attached hydrogens (primary N) is 1. The van der Waals surface area contributed by atoms with Gasteiger partial charge in [0.05, 0.1) is 4.92 Å². The van der Waals surface area contributed by atoms with Crippen molar-refractivity contribution in [2.75, 3.05) is 18.0 Å². The smallest absolute Gasteiger partial charge is 0.292 e. The molecule has 1 aliphatic rings. The van der Waals surface area contributed by atoms with Crippen LogP contribution in [0.25, 0.3) is 0 Å². The van der Waals surface area contributed by atoms with E-state index in [1.807, 2.05) is 11.0 Å². The van der Waals surface area contributed by atoms with Gasteiger partial charge in [-0.25, -0.2) is 0 Å². The van der Waals surface area contributed by atoms with Crippen molar-refractivity contribution in [1.29, 1.82) is 0 Å². The molecule has 0 aromatic heterocycles. The van der Waals surface area contributed by atoms with Crippen LogP contribution in [0.15, 0.2) is 24.3 Å². The predicted octanol–water partition coefficient (Wildman–Crippen LogP) is 1.52. The van der Waals surface area contributed by atoms with Gasteiger partial charge < -0.3 is 10.6 Å². The van der Waals surface area contributed by atoms with Gasteiger partial charge in [-0.3, -0.25) is 10.1 Å². The molecule has 1 saturated heterocycles. The highest BCUT2D eigenvalue weighted by Crippen LogP contribution is 2.29. The molecule has 0 amide bonds. The molecule has 0 aliphatic carbocycles. The van der Waals surface area contributed by atoms with Gasteiger partial charge in [-0.05, 0) is 18.9 Å². The van der Waals surface area contributed by atoms with E-state index < -0.39 is 0 Å². The van der Waals surface area contributed by atoms with Gasteiger partial charge >= 0.3 is 0 Å². The number of anilines is 1. The average molecular weight is 221 g/mol. The molecule has 5 nitrogen and oxygen atoms in total. The molecule has 1 heterocycles. The highest BCUT2D eigenvalue weighted by molar-refractivity contribution is 5.63. The Hall–Kier alpha value is -1.62. The van der Waals surface area contributed by atoms with Crippen LogP contribution in [-0.2, 0) is 0 Å². The normalized spacial score (nSPS) is 20.8. The van der Waals surface area contributed by atoms with Crippen molar-refractivity contribution >= 4 is 11.4 Å². The fourth-order valence-corrected chi connectivity index (χ4v) is 2.11. The van der Waals surface area contributed by atoms with Gasteiger partial charge in [-0.15, -0.1) is 0 Å². The van der Waals surface area contributed by atoms with Crippen molar-refractivity contribution in [2.45, 2.75) is 18.9 Å². The molecule has 0 radical (unpaired) electrons. The van der Waals surface area contributed by atoms with E-state index in [4.69, 9.17) is 5.73 Å². The van der Waals surface area contributed by atoms with Crippen molar-refractivity contribution in [3.05, 3.63) is 34.4 Å². The highest BCUT2D eigenvalue weighted by Gasteiger charge is 2.23. The maximum absolute atomic E-state index is 10.9. The van der Waals surface area contributed by atoms with Gasteiger partial charge in [-0.2, -0.15) is 0 Å². The van der Waals surface area contributed by atoms with E-state index in [1.54, 1.807) is 12.1 Å². The Bertz CT molecular complexity index is 395. The molecule has 1 aliphatic heterocycles. The lowest BCUT2D eigenvalue weighted by atomic mass is 10.1. The second-order valence-electron chi connectivity index (χ2n) is 4.09. The molecular formula is C11H15N3O2. The minimum atomic E-state index is -0.338. The molecule has 1 unspecified atom stereocenters. The molecule has 0 bridgehead atoms. The Labute approximate surface area is 94.0 Å². The maximum atomic E-state index is 10.9. The summed E-state index contributed by atoms with van der Waals surface area (Å²) < 4.78 is 0. The second-order valence-corrected chi connectivity index (χ2v) is 4.09. The number of para-hydroxylation sites is 2. The molecule has 5 heteroatoms. The molecular weight excluding hydrogens is 206 g/mol. The number of nitro groups is 1. The van der Waals surface area contributed by atoms with Gasteiger partial charge in [-0.1, -0.05) is 12.1 Å². The number of rotatable bonds is 2. The van der Waals surface area contributed by atoms with E-state index in [-0.39, 0.29) is 16.7 Å². The van der Waals surface area contributed by atoms with E-state index in [0.717, 1.165) is 19.4 Å². The summed E-state index contributed by atoms with van der Waals surface area (Å²) in [5.74, 6) is 0. The Morgan fingerprint density at radius 3 is 2.88 bits per heavy atom. The van der Waals surface area contributed by atoms with E-state index in [2.05, 4.69) is 0 Å². The third-order valence-corrected chi connectivity index (χ3v) is 2.88. The minimum Gasteiger partial charge on any atom is -0.364 e. The molecule has 0 spiro atoms. The second kappa shape index (κ2) is 4.49. The quantitative estimate of drug-likeness (QED) is 0.607. The van der Waals surface area contributed by atoms with Crippen molar-refractivity contribution < 1.29 is 4.92 Å². The lowest BCUT2D eigenvalue weighted by molar-refractivity contribution is -0.384. The fourth-order valence-electron chi connectivity index (χ4n) is 2.11. The zero-order valence-electron chi connectivity index (χ0n) is 9.00. The Balaban J connectivity index is 2.28. The molecule has 1 aromatic rings. The Morgan fingerprint density at radius 1 is 1.44 bits per heavy atom. The summed E-state index contributed by atoms with van der Waals surface area (Å²) >= 11 is 0. The predicted molar refractivity (Wildman–Crippen MR) is 62.5 cm³/mol. The maximum Gasteiger partial charge on any atom is 0.292 e. The standard InChI is InChI=1S/C11H15N3O2/c12-9-4-3-7-13(8-9)10-5-1-2-6-11(10)14(15)16/h1-2,5-6,9H,3-4,7-8,12H2. The van der Waals surface area contributed by atoms with Crippen molar-refractivity contribution in [3.63, 3.8) is 0 Å². The summed E-state index contributed by atoms with van der Waals surface area (Å²) in [7, 11) is 0. The monoisotopic (exact) mass is 221 g/mol. The SMILES string of the molecule is NC1CCCN(c2ccccc2[N+](=O)[O-])C1. The van der Waals surface area contributed by atoms with Crippen LogP contribution in [0.2, 0.25) is 0 Å². The van der Waals surface area contributed by atoms with Crippen molar-refractivity contribution in [3.8, 4) is 0 Å². The average Bonchev–Trinajstić information content (AvgIpc) is 2.29. The first kappa shape index (κ1) is 10.9. The fraction of sp³-hybridized carbons (Fsp3) is 0.455. The topological polar surface area (TPSA) is 72.4 Å². The van der Waals surface area contributed by atoms with E-state index in [1.165, 1.54) is 6.07 Å². The van der Waals surface area contributed by atoms with Gasteiger partial charge in [0.25, 0.3) is 5.69 Å². The van der Waals surface area contributed by atoms with Crippen LogP contribution in [0.4, 0.5) is 11.4 Å². The molecule has 2 rings (SSSR count). The number of nitro benzene ring substituents is 1. The minimum absolute atomic E-state index is 0.119. The summed E-state index contributed by atoms with van der Waals surface area (Å²) in [6.07, 6.45) is 1.99. The number of hydrogen-bond acceptors (Lipinski definition) is 4. The third-order valence-electron chi connectivity index (χ3n) is 2.88. The summed E-state index contributed by atoms with van der Waals surface area (Å²) in [5.41, 5.74) is 6.72. The zero-order valence-corrected chi connectivity index (χ0v) is 9.00. The first-order valence-electron chi connectivity index (χ1n) is 5.42. The number of nitrogens with zero attached hydrogens (tertiary/aromatic N) is 2. The third kappa shape index (κ3) is 2.14. The molecule has 1 fully saturated rings. The first-order valence-corrected chi connectivity index (χ1v) is 5.42. The van der Waals surface area contributed by atoms with E-state index in [0.29, 0.717) is 12.2 Å². The van der Waals surface area contributed by atoms with Crippen LogP contribution in [-0.4, -0.2) is 24.1 Å². The highest BCUT2D eigenvalue weighted by atomic mass is 16.6. The molecule has 0 saturated carbocycles. The van der Waals surface area contributed by atoms with Crippen LogP contribution in [0.1, 0.15) is 12.8 Å². The van der Waals surface area contributed by atoms with Gasteiger partial charge in [0.15, 0.2) is 0 Å². The van der Waals surface area contributed by atoms with Crippen LogP contribution in [0, 0.1) is 10.1 Å². The Morgan fingerprint density at radius 2 is 2.19 bits per heavy atom. The number of hydrogen-bond donors (Lipinski definition) is 1.